The number of hydrogen-bond donors (Lipinski definition) is 1. The highest BCUT2D eigenvalue weighted by molar-refractivity contribution is 7.16. The quantitative estimate of drug-likeness (QED) is 0.631. The minimum atomic E-state index is -0.374. The van der Waals surface area contributed by atoms with E-state index in [1.807, 2.05) is 19.0 Å². The Bertz CT molecular complexity index is 958. The maximum absolute atomic E-state index is 13.0. The number of piperazine rings is 1. The molecule has 172 valence electrons. The van der Waals surface area contributed by atoms with Gasteiger partial charge in [0.15, 0.2) is 10.8 Å². The number of nitrogens with one attached hydrogen (secondary N) is 1. The molecule has 0 bridgehead atoms. The number of thiazole rings is 1. The normalized spacial score (nSPS) is 21.1. The molecule has 2 aliphatic heterocycles. The van der Waals surface area contributed by atoms with Crippen molar-refractivity contribution in [1.82, 2.24) is 25.0 Å². The molecule has 2 fully saturated rings. The minimum Gasteiger partial charge on any atom is -0.380 e. The van der Waals surface area contributed by atoms with Gasteiger partial charge in [-0.25, -0.2) is 4.98 Å². The largest absolute Gasteiger partial charge is 0.380 e. The predicted molar refractivity (Wildman–Crippen MR) is 117 cm³/mol. The third-order valence-electron chi connectivity index (χ3n) is 5.73. The van der Waals surface area contributed by atoms with Crippen molar-refractivity contribution in [3.63, 3.8) is 0 Å². The maximum atomic E-state index is 13.0. The third kappa shape index (κ3) is 4.59. The fourth-order valence-corrected chi connectivity index (χ4v) is 4.85. The zero-order chi connectivity index (χ0) is 22.8. The van der Waals surface area contributed by atoms with Crippen LogP contribution in [0.3, 0.4) is 0 Å². The second kappa shape index (κ2) is 9.47. The third-order valence-corrected chi connectivity index (χ3v) is 6.79. The number of ketones is 2. The maximum Gasteiger partial charge on any atom is 0.282 e. The van der Waals surface area contributed by atoms with Crippen molar-refractivity contribution < 1.29 is 23.9 Å². The summed E-state index contributed by atoms with van der Waals surface area (Å²) in [6.45, 7) is 3.43. The number of ether oxygens (including phenoxy) is 1. The first-order valence-corrected chi connectivity index (χ1v) is 11.6. The van der Waals surface area contributed by atoms with Gasteiger partial charge in [-0.2, -0.15) is 0 Å². The Labute approximate surface area is 190 Å². The Hall–Kier alpha value is -2.63. The van der Waals surface area contributed by atoms with Gasteiger partial charge in [0, 0.05) is 52.0 Å². The van der Waals surface area contributed by atoms with Crippen molar-refractivity contribution in [2.75, 3.05) is 60.0 Å². The van der Waals surface area contributed by atoms with Crippen LogP contribution >= 0.6 is 11.3 Å². The number of carbonyl (C=O) groups excluding carboxylic acids is 4. The molecular formula is C21H27N5O5S. The first-order valence-electron chi connectivity index (χ1n) is 10.7. The summed E-state index contributed by atoms with van der Waals surface area (Å²) in [5, 5.41) is 3.11. The summed E-state index contributed by atoms with van der Waals surface area (Å²) in [5.74, 6) is -1.04. The first-order chi connectivity index (χ1) is 15.3. The van der Waals surface area contributed by atoms with E-state index in [0.717, 1.165) is 24.2 Å². The second-order valence-corrected chi connectivity index (χ2v) is 9.30. The highest BCUT2D eigenvalue weighted by Crippen LogP contribution is 2.27. The van der Waals surface area contributed by atoms with E-state index in [4.69, 9.17) is 4.74 Å². The topological polar surface area (TPSA) is 112 Å². The van der Waals surface area contributed by atoms with Crippen LogP contribution in [0.25, 0.3) is 0 Å². The van der Waals surface area contributed by atoms with Gasteiger partial charge >= 0.3 is 0 Å². The van der Waals surface area contributed by atoms with Gasteiger partial charge in [0.2, 0.25) is 5.78 Å². The zero-order valence-corrected chi connectivity index (χ0v) is 19.1. The lowest BCUT2D eigenvalue weighted by molar-refractivity contribution is -0.142. The molecule has 3 aliphatic rings. The van der Waals surface area contributed by atoms with Gasteiger partial charge in [-0.05, 0) is 26.9 Å². The lowest BCUT2D eigenvalue weighted by atomic mass is 10.0. The van der Waals surface area contributed by atoms with Gasteiger partial charge in [0.1, 0.15) is 16.7 Å². The molecule has 1 aliphatic carbocycles. The Morgan fingerprint density at radius 1 is 1.22 bits per heavy atom. The predicted octanol–water partition coefficient (Wildman–Crippen LogP) is 0.0206. The van der Waals surface area contributed by atoms with E-state index in [2.05, 4.69) is 10.3 Å². The van der Waals surface area contributed by atoms with Crippen LogP contribution in [0.4, 0.5) is 0 Å². The zero-order valence-electron chi connectivity index (χ0n) is 18.3. The van der Waals surface area contributed by atoms with E-state index < -0.39 is 0 Å². The number of carbonyl (C=O) groups is 4. The van der Waals surface area contributed by atoms with Crippen LogP contribution in [0, 0.1) is 0 Å². The van der Waals surface area contributed by atoms with Crippen LogP contribution in [0.2, 0.25) is 0 Å². The Morgan fingerprint density at radius 2 is 1.94 bits per heavy atom. The average Bonchev–Trinajstić information content (AvgIpc) is 3.47. The summed E-state index contributed by atoms with van der Waals surface area (Å²) >= 11 is 0.953. The average molecular weight is 462 g/mol. The molecule has 0 radical (unpaired) electrons. The molecular weight excluding hydrogens is 434 g/mol. The molecule has 1 atom stereocenters. The first kappa shape index (κ1) is 22.6. The standard InChI is InChI=1S/C21H27N5O5S/c1-24(2)6-5-22-13-12-14(27)18-16(17(13)28)23-19(32-18)21(30)26-9-7-25(8-10-26)20(29)15-4-3-11-31-15/h12,15,22H,3-11H2,1-2H3. The van der Waals surface area contributed by atoms with Crippen molar-refractivity contribution in [3.8, 4) is 0 Å². The highest BCUT2D eigenvalue weighted by Gasteiger charge is 2.35. The summed E-state index contributed by atoms with van der Waals surface area (Å²) in [4.78, 5) is 60.5. The second-order valence-electron chi connectivity index (χ2n) is 8.30. The van der Waals surface area contributed by atoms with E-state index in [-0.39, 0.29) is 50.8 Å². The number of hydrogen-bond acceptors (Lipinski definition) is 9. The fourth-order valence-electron chi connectivity index (χ4n) is 3.91. The summed E-state index contributed by atoms with van der Waals surface area (Å²) in [6.07, 6.45) is 2.54. The highest BCUT2D eigenvalue weighted by atomic mass is 32.1. The van der Waals surface area contributed by atoms with Gasteiger partial charge in [-0.3, -0.25) is 19.2 Å². The van der Waals surface area contributed by atoms with E-state index in [0.29, 0.717) is 45.9 Å². The van der Waals surface area contributed by atoms with E-state index in [9.17, 15) is 19.2 Å². The van der Waals surface area contributed by atoms with Crippen LogP contribution in [-0.2, 0) is 9.53 Å². The SMILES string of the molecule is CN(C)CCNC1=CC(=O)c2sc(C(=O)N3CCN(C(=O)C4CCCO4)CC3)nc2C1=O. The van der Waals surface area contributed by atoms with Crippen LogP contribution in [0.5, 0.6) is 0 Å². The number of fused-ring (bicyclic) bond motifs is 1. The molecule has 0 spiro atoms. The molecule has 0 saturated carbocycles. The van der Waals surface area contributed by atoms with Gasteiger partial charge < -0.3 is 24.8 Å². The number of likely N-dealkylation sites (N-methyl/N-ethyl adjacent to an activating group) is 1. The molecule has 2 amide bonds. The number of rotatable bonds is 6. The van der Waals surface area contributed by atoms with E-state index >= 15 is 0 Å². The molecule has 11 heteroatoms. The summed E-state index contributed by atoms with van der Waals surface area (Å²) in [7, 11) is 3.83. The van der Waals surface area contributed by atoms with Gasteiger partial charge in [0.05, 0.1) is 5.70 Å². The van der Waals surface area contributed by atoms with E-state index in [1.54, 1.807) is 9.80 Å². The molecule has 2 saturated heterocycles. The smallest absolute Gasteiger partial charge is 0.282 e. The monoisotopic (exact) mass is 461 g/mol. The van der Waals surface area contributed by atoms with Gasteiger partial charge in [-0.15, -0.1) is 11.3 Å². The Balaban J connectivity index is 1.38. The number of nitrogens with zero attached hydrogens (tertiary/aromatic N) is 4. The molecule has 0 aromatic carbocycles. The summed E-state index contributed by atoms with van der Waals surface area (Å²) in [6, 6.07) is 0. The van der Waals surface area contributed by atoms with Crippen molar-refractivity contribution >= 4 is 34.7 Å². The molecule has 10 nitrogen and oxygen atoms in total. The van der Waals surface area contributed by atoms with Crippen molar-refractivity contribution in [1.29, 1.82) is 0 Å². The van der Waals surface area contributed by atoms with E-state index in [1.165, 1.54) is 6.08 Å². The summed E-state index contributed by atoms with van der Waals surface area (Å²) < 4.78 is 5.47. The van der Waals surface area contributed by atoms with Crippen LogP contribution in [-0.4, -0.2) is 109 Å². The fraction of sp³-hybridized carbons (Fsp3) is 0.571. The summed E-state index contributed by atoms with van der Waals surface area (Å²) in [5.41, 5.74) is 0.236. The van der Waals surface area contributed by atoms with Gasteiger partial charge in [0.25, 0.3) is 11.8 Å². The lowest BCUT2D eigenvalue weighted by Crippen LogP contribution is -2.52. The molecule has 4 rings (SSSR count). The molecule has 32 heavy (non-hydrogen) atoms. The van der Waals surface area contributed by atoms with Crippen LogP contribution < -0.4 is 5.32 Å². The lowest BCUT2D eigenvalue weighted by Gasteiger charge is -2.35. The Morgan fingerprint density at radius 3 is 2.59 bits per heavy atom. The molecule has 1 aromatic heterocycles. The van der Waals surface area contributed by atoms with Gasteiger partial charge in [-0.1, -0.05) is 0 Å². The van der Waals surface area contributed by atoms with Crippen molar-refractivity contribution in [2.24, 2.45) is 0 Å². The molecule has 3 heterocycles. The Kier molecular flexibility index (Phi) is 6.68. The van der Waals surface area contributed by atoms with Crippen LogP contribution in [0.1, 0.15) is 42.8 Å². The molecule has 1 N–H and O–H groups in total. The number of aromatic nitrogens is 1. The minimum absolute atomic E-state index is 0.0177. The molecule has 1 unspecified atom stereocenters. The number of amides is 2. The van der Waals surface area contributed by atoms with Crippen molar-refractivity contribution in [2.45, 2.75) is 18.9 Å². The van der Waals surface area contributed by atoms with Crippen molar-refractivity contribution in [3.05, 3.63) is 27.4 Å². The number of allylic oxidation sites excluding steroid dienone is 2. The van der Waals surface area contributed by atoms with Crippen LogP contribution in [0.15, 0.2) is 11.8 Å². The number of Topliss-reactive ketones (excluding diaryl/α,β-unsaturated/α-hetero) is 1. The molecule has 1 aromatic rings.